The average Bonchev–Trinajstić information content (AvgIpc) is 2.60. The number of carbonyl (C=O) groups excluding carboxylic acids is 2. The number of nitrogens with two attached hydrogens (primary N) is 2. The summed E-state index contributed by atoms with van der Waals surface area (Å²) in [5, 5.41) is 0. The number of hydrogen-bond donors (Lipinski definition) is 2. The topological polar surface area (TPSA) is 105 Å². The molecule has 0 unspecified atom stereocenters. The fourth-order valence-corrected chi connectivity index (χ4v) is 2.30. The van der Waals surface area contributed by atoms with Crippen LogP contribution in [0.5, 0.6) is 5.75 Å². The van der Waals surface area contributed by atoms with Gasteiger partial charge in [0.25, 0.3) is 0 Å². The highest BCUT2D eigenvalue weighted by Crippen LogP contribution is 2.26. The average molecular weight is 328 g/mol. The van der Waals surface area contributed by atoms with E-state index in [2.05, 4.69) is 4.74 Å². The van der Waals surface area contributed by atoms with Crippen molar-refractivity contribution in [1.29, 1.82) is 0 Å². The lowest BCUT2D eigenvalue weighted by Crippen LogP contribution is -2.26. The number of methoxy groups -OCH3 is 1. The van der Waals surface area contributed by atoms with Gasteiger partial charge in [-0.25, -0.2) is 4.79 Å². The molecule has 0 radical (unpaired) electrons. The summed E-state index contributed by atoms with van der Waals surface area (Å²) in [6.45, 7) is 1.34. The van der Waals surface area contributed by atoms with Gasteiger partial charge in [0, 0.05) is 19.0 Å². The van der Waals surface area contributed by atoms with Gasteiger partial charge < -0.3 is 20.9 Å². The second-order valence-corrected chi connectivity index (χ2v) is 5.33. The highest BCUT2D eigenvalue weighted by atomic mass is 16.5. The van der Waals surface area contributed by atoms with Crippen molar-refractivity contribution in [2.24, 2.45) is 11.5 Å². The zero-order chi connectivity index (χ0) is 17.7. The van der Waals surface area contributed by atoms with Crippen LogP contribution < -0.4 is 16.2 Å². The van der Waals surface area contributed by atoms with Crippen LogP contribution in [-0.2, 0) is 9.53 Å². The molecule has 6 heteroatoms. The minimum absolute atomic E-state index is 0.380. The Hall–Kier alpha value is -2.70. The monoisotopic (exact) mass is 328 g/mol. The minimum atomic E-state index is -0.448. The summed E-state index contributed by atoms with van der Waals surface area (Å²) in [6.07, 6.45) is 0. The molecule has 0 aromatic heterocycles. The van der Waals surface area contributed by atoms with Crippen molar-refractivity contribution >= 4 is 11.9 Å². The Labute approximate surface area is 140 Å². The molecule has 2 rings (SSSR count). The first-order valence-electron chi connectivity index (χ1n) is 7.40. The molecule has 2 aromatic carbocycles. The third-order valence-electron chi connectivity index (χ3n) is 3.63. The van der Waals surface area contributed by atoms with Crippen LogP contribution in [0.1, 0.15) is 40.5 Å². The van der Waals surface area contributed by atoms with Gasteiger partial charge in [0.1, 0.15) is 5.75 Å². The smallest absolute Gasteiger partial charge is 0.337 e. The molecule has 0 saturated heterocycles. The first-order valence-corrected chi connectivity index (χ1v) is 7.40. The van der Waals surface area contributed by atoms with Crippen LogP contribution in [0.4, 0.5) is 0 Å². The molecule has 0 saturated carbocycles. The van der Waals surface area contributed by atoms with E-state index >= 15 is 0 Å². The van der Waals surface area contributed by atoms with Crippen LogP contribution in [0.3, 0.4) is 0 Å². The van der Waals surface area contributed by atoms with E-state index < -0.39 is 18.1 Å². The summed E-state index contributed by atoms with van der Waals surface area (Å²) >= 11 is 0. The molecule has 0 aliphatic heterocycles. The van der Waals surface area contributed by atoms with Crippen LogP contribution in [0.2, 0.25) is 0 Å². The molecule has 24 heavy (non-hydrogen) atoms. The highest BCUT2D eigenvalue weighted by Gasteiger charge is 2.18. The van der Waals surface area contributed by atoms with Gasteiger partial charge >= 0.3 is 11.9 Å². The zero-order valence-corrected chi connectivity index (χ0v) is 13.6. The number of benzene rings is 2. The predicted octanol–water partition coefficient (Wildman–Crippen LogP) is 2.10. The second-order valence-electron chi connectivity index (χ2n) is 5.33. The molecule has 2 aromatic rings. The largest absolute Gasteiger partial charge is 0.465 e. The number of hydrogen-bond acceptors (Lipinski definition) is 6. The molecule has 2 atom stereocenters. The van der Waals surface area contributed by atoms with Crippen molar-refractivity contribution in [1.82, 2.24) is 0 Å². The summed E-state index contributed by atoms with van der Waals surface area (Å²) in [6, 6.07) is 12.8. The lowest BCUT2D eigenvalue weighted by atomic mass is 9.94. The van der Waals surface area contributed by atoms with E-state index in [0.717, 1.165) is 11.1 Å². The zero-order valence-electron chi connectivity index (χ0n) is 13.6. The first kappa shape index (κ1) is 17.7. The Morgan fingerprint density at radius 3 is 1.75 bits per heavy atom. The van der Waals surface area contributed by atoms with Crippen LogP contribution in [0, 0.1) is 0 Å². The molecule has 0 amide bonds. The summed E-state index contributed by atoms with van der Waals surface area (Å²) in [7, 11) is 1.33. The molecule has 0 aliphatic rings. The van der Waals surface area contributed by atoms with Crippen LogP contribution in [0.25, 0.3) is 0 Å². The lowest BCUT2D eigenvalue weighted by Gasteiger charge is -2.21. The van der Waals surface area contributed by atoms with Gasteiger partial charge in [-0.15, -0.1) is 0 Å². The molecular formula is C18H20N2O4. The maximum atomic E-state index is 11.4. The van der Waals surface area contributed by atoms with Crippen LogP contribution in [-0.4, -0.2) is 19.0 Å². The summed E-state index contributed by atoms with van der Waals surface area (Å²) in [5.74, 6) is -0.329. The Morgan fingerprint density at radius 1 is 0.875 bits per heavy atom. The van der Waals surface area contributed by atoms with Gasteiger partial charge in [-0.1, -0.05) is 24.3 Å². The lowest BCUT2D eigenvalue weighted by molar-refractivity contribution is -0.131. The molecule has 0 bridgehead atoms. The van der Waals surface area contributed by atoms with E-state index in [1.165, 1.54) is 14.0 Å². The predicted molar refractivity (Wildman–Crippen MR) is 89.4 cm³/mol. The van der Waals surface area contributed by atoms with Gasteiger partial charge in [0.2, 0.25) is 0 Å². The molecule has 6 nitrogen and oxygen atoms in total. The number of carbonyl (C=O) groups is 2. The van der Waals surface area contributed by atoms with Gasteiger partial charge in [-0.2, -0.15) is 0 Å². The molecule has 0 fully saturated rings. The Kier molecular flexibility index (Phi) is 5.68. The van der Waals surface area contributed by atoms with Gasteiger partial charge in [0.15, 0.2) is 0 Å². The van der Waals surface area contributed by atoms with Crippen molar-refractivity contribution < 1.29 is 19.1 Å². The van der Waals surface area contributed by atoms with Gasteiger partial charge in [-0.05, 0) is 35.4 Å². The number of rotatable bonds is 5. The summed E-state index contributed by atoms with van der Waals surface area (Å²) in [4.78, 5) is 22.4. The molecule has 0 spiro atoms. The summed E-state index contributed by atoms with van der Waals surface area (Å²) < 4.78 is 9.65. The van der Waals surface area contributed by atoms with Gasteiger partial charge in [-0.3, -0.25) is 4.79 Å². The molecule has 0 heterocycles. The van der Waals surface area contributed by atoms with E-state index in [0.29, 0.717) is 11.3 Å². The van der Waals surface area contributed by atoms with E-state index in [1.54, 1.807) is 48.5 Å². The number of ether oxygens (including phenoxy) is 2. The second kappa shape index (κ2) is 7.72. The normalized spacial score (nSPS) is 13.0. The van der Waals surface area contributed by atoms with E-state index in [4.69, 9.17) is 16.2 Å². The quantitative estimate of drug-likeness (QED) is 0.643. The Morgan fingerprint density at radius 2 is 1.33 bits per heavy atom. The van der Waals surface area contributed by atoms with Crippen molar-refractivity contribution in [2.75, 3.05) is 7.11 Å². The van der Waals surface area contributed by atoms with Crippen LogP contribution in [0.15, 0.2) is 48.5 Å². The Bertz CT molecular complexity index is 711. The van der Waals surface area contributed by atoms with Crippen molar-refractivity contribution in [3.05, 3.63) is 65.2 Å². The fourth-order valence-electron chi connectivity index (χ4n) is 2.30. The van der Waals surface area contributed by atoms with Crippen LogP contribution >= 0.6 is 0 Å². The molecule has 0 aliphatic carbocycles. The molecule has 4 N–H and O–H groups in total. The van der Waals surface area contributed by atoms with Crippen molar-refractivity contribution in [3.8, 4) is 5.75 Å². The third-order valence-corrected chi connectivity index (χ3v) is 3.63. The maximum absolute atomic E-state index is 11.4. The van der Waals surface area contributed by atoms with E-state index in [1.807, 2.05) is 0 Å². The SMILES string of the molecule is COC(=O)c1ccc([C@H](N)[C@@H](N)c2ccc(OC(C)=O)cc2)cc1. The molecular weight excluding hydrogens is 308 g/mol. The first-order chi connectivity index (χ1) is 11.4. The summed E-state index contributed by atoms with van der Waals surface area (Å²) in [5.41, 5.74) is 14.5. The van der Waals surface area contributed by atoms with E-state index in [-0.39, 0.29) is 5.97 Å². The Balaban J connectivity index is 2.12. The minimum Gasteiger partial charge on any atom is -0.465 e. The van der Waals surface area contributed by atoms with E-state index in [9.17, 15) is 9.59 Å². The number of esters is 2. The van der Waals surface area contributed by atoms with Crippen molar-refractivity contribution in [2.45, 2.75) is 19.0 Å². The molecule has 126 valence electrons. The van der Waals surface area contributed by atoms with Crippen molar-refractivity contribution in [3.63, 3.8) is 0 Å². The fraction of sp³-hybridized carbons (Fsp3) is 0.222. The maximum Gasteiger partial charge on any atom is 0.337 e. The standard InChI is InChI=1S/C18H20N2O4/c1-11(21)24-15-9-7-13(8-10-15)17(20)16(19)12-3-5-14(6-4-12)18(22)23-2/h3-10,16-17H,19-20H2,1-2H3/t16-,17-/m0/s1. The third kappa shape index (κ3) is 4.18. The van der Waals surface area contributed by atoms with Gasteiger partial charge in [0.05, 0.1) is 12.7 Å². The highest BCUT2D eigenvalue weighted by molar-refractivity contribution is 5.89.